The molecule has 1 aliphatic rings. The molecule has 0 N–H and O–H groups in total. The molecule has 0 bridgehead atoms. The summed E-state index contributed by atoms with van der Waals surface area (Å²) in [5.74, 6) is 1.95. The Balaban J connectivity index is 1.62. The Hall–Kier alpha value is -2.90. The predicted octanol–water partition coefficient (Wildman–Crippen LogP) is 4.23. The zero-order chi connectivity index (χ0) is 24.8. The van der Waals surface area contributed by atoms with Gasteiger partial charge < -0.3 is 18.9 Å². The first-order valence-electron chi connectivity index (χ1n) is 12.8. The van der Waals surface area contributed by atoms with Gasteiger partial charge in [-0.1, -0.05) is 12.1 Å². The van der Waals surface area contributed by atoms with Crippen molar-refractivity contribution in [3.63, 3.8) is 0 Å². The summed E-state index contributed by atoms with van der Waals surface area (Å²) in [6, 6.07) is 14.2. The molecule has 7 nitrogen and oxygen atoms in total. The Kier molecular flexibility index (Phi) is 8.42. The van der Waals surface area contributed by atoms with Gasteiger partial charge in [0.25, 0.3) is 5.91 Å². The molecule has 1 aliphatic heterocycles. The highest BCUT2D eigenvalue weighted by atomic mass is 16.5. The molecule has 4 rings (SSSR count). The molecule has 0 atom stereocenters. The molecular weight excluding hydrogens is 440 g/mol. The molecule has 0 saturated carbocycles. The molecule has 2 heterocycles. The van der Waals surface area contributed by atoms with E-state index in [9.17, 15) is 4.79 Å². The molecule has 2 aromatic carbocycles. The van der Waals surface area contributed by atoms with E-state index < -0.39 is 0 Å². The molecule has 0 unspecified atom stereocenters. The summed E-state index contributed by atoms with van der Waals surface area (Å²) < 4.78 is 13.6. The number of hydrogen-bond donors (Lipinski definition) is 0. The van der Waals surface area contributed by atoms with Gasteiger partial charge in [-0.05, 0) is 63.6 Å². The second-order valence-corrected chi connectivity index (χ2v) is 9.30. The summed E-state index contributed by atoms with van der Waals surface area (Å²) in [5, 5.41) is 0. The Bertz CT molecular complexity index is 1110. The number of fused-ring (bicyclic) bond motifs is 1. The molecule has 3 aromatic rings. The van der Waals surface area contributed by atoms with Crippen LogP contribution in [0.1, 0.15) is 49.4 Å². The van der Waals surface area contributed by atoms with Gasteiger partial charge in [-0.25, -0.2) is 4.98 Å². The van der Waals surface area contributed by atoms with E-state index in [0.717, 1.165) is 68.4 Å². The van der Waals surface area contributed by atoms with Crippen LogP contribution in [-0.4, -0.2) is 77.3 Å². The Labute approximate surface area is 208 Å². The van der Waals surface area contributed by atoms with Crippen molar-refractivity contribution in [2.24, 2.45) is 0 Å². The lowest BCUT2D eigenvalue weighted by atomic mass is 10.1. The molecule has 0 aliphatic carbocycles. The first-order chi connectivity index (χ1) is 17.0. The minimum atomic E-state index is 0.0575. The normalized spacial score (nSPS) is 14.5. The minimum absolute atomic E-state index is 0.0575. The summed E-state index contributed by atoms with van der Waals surface area (Å²) in [4.78, 5) is 22.2. The van der Waals surface area contributed by atoms with Crippen molar-refractivity contribution in [1.82, 2.24) is 19.4 Å². The van der Waals surface area contributed by atoms with Crippen molar-refractivity contribution in [2.45, 2.75) is 46.8 Å². The lowest BCUT2D eigenvalue weighted by Crippen LogP contribution is -2.38. The van der Waals surface area contributed by atoms with Crippen LogP contribution in [0.25, 0.3) is 11.0 Å². The monoisotopic (exact) mass is 478 g/mol. The zero-order valence-corrected chi connectivity index (χ0v) is 21.5. The number of ether oxygens (including phenoxy) is 2. The van der Waals surface area contributed by atoms with Crippen molar-refractivity contribution >= 4 is 16.9 Å². The molecule has 1 saturated heterocycles. The van der Waals surface area contributed by atoms with Crippen LogP contribution < -0.4 is 4.74 Å². The van der Waals surface area contributed by atoms with Gasteiger partial charge in [0.2, 0.25) is 0 Å². The van der Waals surface area contributed by atoms with Gasteiger partial charge in [0.15, 0.2) is 0 Å². The number of morpholine rings is 1. The highest BCUT2D eigenvalue weighted by Crippen LogP contribution is 2.23. The van der Waals surface area contributed by atoms with Gasteiger partial charge in [-0.3, -0.25) is 9.69 Å². The van der Waals surface area contributed by atoms with Crippen molar-refractivity contribution in [1.29, 1.82) is 0 Å². The van der Waals surface area contributed by atoms with Crippen LogP contribution in [-0.2, 0) is 17.7 Å². The SMILES string of the molecule is CCN(CC)C(=O)c1ccc2c(c1)nc(Cc1ccc(OC(C)C)cc1)n2CCN1CCOCC1. The number of benzene rings is 2. The maximum Gasteiger partial charge on any atom is 0.253 e. The molecular formula is C28H38N4O3. The molecule has 35 heavy (non-hydrogen) atoms. The van der Waals surface area contributed by atoms with Gasteiger partial charge >= 0.3 is 0 Å². The summed E-state index contributed by atoms with van der Waals surface area (Å²) in [6.07, 6.45) is 0.873. The van der Waals surface area contributed by atoms with Crippen LogP contribution in [0.15, 0.2) is 42.5 Å². The number of aromatic nitrogens is 2. The van der Waals surface area contributed by atoms with Crippen LogP contribution in [0.5, 0.6) is 5.75 Å². The topological polar surface area (TPSA) is 59.8 Å². The standard InChI is InChI=1S/C28H38N4O3/c1-5-31(6-2)28(33)23-9-12-26-25(20-23)29-27(32(26)14-13-30-15-17-34-18-16-30)19-22-7-10-24(11-8-22)35-21(3)4/h7-12,20-21H,5-6,13-19H2,1-4H3. The average molecular weight is 479 g/mol. The molecule has 1 aromatic heterocycles. The minimum Gasteiger partial charge on any atom is -0.491 e. The predicted molar refractivity (Wildman–Crippen MR) is 139 cm³/mol. The highest BCUT2D eigenvalue weighted by molar-refractivity contribution is 5.97. The Morgan fingerprint density at radius 1 is 1.06 bits per heavy atom. The number of imidazole rings is 1. The second-order valence-electron chi connectivity index (χ2n) is 9.30. The van der Waals surface area contributed by atoms with Gasteiger partial charge in [0, 0.05) is 51.3 Å². The van der Waals surface area contributed by atoms with Gasteiger partial charge in [0.05, 0.1) is 30.4 Å². The van der Waals surface area contributed by atoms with Crippen molar-refractivity contribution in [2.75, 3.05) is 45.9 Å². The van der Waals surface area contributed by atoms with Crippen LogP contribution in [0.2, 0.25) is 0 Å². The van der Waals surface area contributed by atoms with E-state index in [2.05, 4.69) is 27.7 Å². The van der Waals surface area contributed by atoms with E-state index in [4.69, 9.17) is 14.5 Å². The number of amides is 1. The molecule has 1 amide bonds. The van der Waals surface area contributed by atoms with Crippen molar-refractivity contribution in [3.8, 4) is 5.75 Å². The number of carbonyl (C=O) groups is 1. The van der Waals surface area contributed by atoms with Crippen molar-refractivity contribution in [3.05, 3.63) is 59.4 Å². The first kappa shape index (κ1) is 25.2. The summed E-state index contributed by atoms with van der Waals surface area (Å²) in [5.41, 5.74) is 3.83. The van der Waals surface area contributed by atoms with Gasteiger partial charge in [-0.15, -0.1) is 0 Å². The molecule has 0 spiro atoms. The summed E-state index contributed by atoms with van der Waals surface area (Å²) in [6.45, 7) is 14.8. The maximum absolute atomic E-state index is 12.9. The molecule has 188 valence electrons. The van der Waals surface area contributed by atoms with Crippen LogP contribution >= 0.6 is 0 Å². The van der Waals surface area contributed by atoms with Crippen LogP contribution in [0.3, 0.4) is 0 Å². The van der Waals surface area contributed by atoms with Crippen LogP contribution in [0, 0.1) is 0 Å². The van der Waals surface area contributed by atoms with E-state index in [-0.39, 0.29) is 12.0 Å². The lowest BCUT2D eigenvalue weighted by molar-refractivity contribution is 0.0364. The van der Waals surface area contributed by atoms with E-state index >= 15 is 0 Å². The average Bonchev–Trinajstić information content (AvgIpc) is 3.21. The number of rotatable bonds is 10. The number of nitrogens with zero attached hydrogens (tertiary/aromatic N) is 4. The largest absolute Gasteiger partial charge is 0.491 e. The molecule has 7 heteroatoms. The molecule has 1 fully saturated rings. The highest BCUT2D eigenvalue weighted by Gasteiger charge is 2.18. The fourth-order valence-corrected chi connectivity index (χ4v) is 4.60. The zero-order valence-electron chi connectivity index (χ0n) is 21.5. The lowest BCUT2D eigenvalue weighted by Gasteiger charge is -2.27. The fourth-order valence-electron chi connectivity index (χ4n) is 4.60. The van der Waals surface area contributed by atoms with Crippen LogP contribution in [0.4, 0.5) is 0 Å². The Morgan fingerprint density at radius 2 is 1.77 bits per heavy atom. The van der Waals surface area contributed by atoms with Gasteiger partial charge in [0.1, 0.15) is 11.6 Å². The summed E-state index contributed by atoms with van der Waals surface area (Å²) >= 11 is 0. The second kappa shape index (κ2) is 11.7. The third-order valence-corrected chi connectivity index (χ3v) is 6.53. The van der Waals surface area contributed by atoms with E-state index in [0.29, 0.717) is 18.7 Å². The Morgan fingerprint density at radius 3 is 2.43 bits per heavy atom. The maximum atomic E-state index is 12.9. The third kappa shape index (κ3) is 6.21. The fraction of sp³-hybridized carbons (Fsp3) is 0.500. The smallest absolute Gasteiger partial charge is 0.253 e. The molecule has 0 radical (unpaired) electrons. The third-order valence-electron chi connectivity index (χ3n) is 6.53. The first-order valence-corrected chi connectivity index (χ1v) is 12.8. The van der Waals surface area contributed by atoms with E-state index in [1.54, 1.807) is 0 Å². The number of carbonyl (C=O) groups excluding carboxylic acids is 1. The van der Waals surface area contributed by atoms with Crippen molar-refractivity contribution < 1.29 is 14.3 Å². The summed E-state index contributed by atoms with van der Waals surface area (Å²) in [7, 11) is 0. The van der Waals surface area contributed by atoms with Gasteiger partial charge in [-0.2, -0.15) is 0 Å². The number of hydrogen-bond acceptors (Lipinski definition) is 5. The van der Waals surface area contributed by atoms with E-state index in [1.165, 1.54) is 5.56 Å². The van der Waals surface area contributed by atoms with E-state index in [1.807, 2.05) is 56.9 Å². The quantitative estimate of drug-likeness (QED) is 0.437.